The van der Waals surface area contributed by atoms with Crippen LogP contribution in [-0.2, 0) is 5.33 Å². The highest BCUT2D eigenvalue weighted by Gasteiger charge is 2.09. The molecule has 0 aliphatic heterocycles. The molecule has 0 N–H and O–H groups in total. The molecule has 0 bridgehead atoms. The van der Waals surface area contributed by atoms with Crippen LogP contribution in [0.3, 0.4) is 0 Å². The van der Waals surface area contributed by atoms with Gasteiger partial charge in [-0.05, 0) is 47.4 Å². The highest BCUT2D eigenvalue weighted by atomic mass is 79.9. The molecule has 0 spiro atoms. The van der Waals surface area contributed by atoms with Gasteiger partial charge in [0.1, 0.15) is 11.5 Å². The van der Waals surface area contributed by atoms with E-state index in [0.717, 1.165) is 21.3 Å². The van der Waals surface area contributed by atoms with Gasteiger partial charge in [-0.3, -0.25) is 0 Å². The smallest absolute Gasteiger partial charge is 0.130 e. The van der Waals surface area contributed by atoms with Gasteiger partial charge in [-0.2, -0.15) is 0 Å². The summed E-state index contributed by atoms with van der Waals surface area (Å²) >= 11 is 6.95. The molecule has 1 nitrogen and oxygen atoms in total. The lowest BCUT2D eigenvalue weighted by Crippen LogP contribution is -1.94. The quantitative estimate of drug-likeness (QED) is 0.566. The predicted molar refractivity (Wildman–Crippen MR) is 87.4 cm³/mol. The lowest BCUT2D eigenvalue weighted by atomic mass is 10.0. The third-order valence-electron chi connectivity index (χ3n) is 2.90. The number of halogens is 2. The van der Waals surface area contributed by atoms with Crippen LogP contribution in [0.5, 0.6) is 11.5 Å². The van der Waals surface area contributed by atoms with E-state index >= 15 is 0 Å². The molecule has 2 aromatic carbocycles. The van der Waals surface area contributed by atoms with Crippen LogP contribution < -0.4 is 4.74 Å². The molecule has 2 aromatic rings. The van der Waals surface area contributed by atoms with Gasteiger partial charge in [-0.25, -0.2) is 0 Å². The monoisotopic (exact) mass is 382 g/mol. The highest BCUT2D eigenvalue weighted by Crippen LogP contribution is 2.32. The third-order valence-corrected chi connectivity index (χ3v) is 4.04. The fraction of sp³-hybridized carbons (Fsp3) is 0.250. The van der Waals surface area contributed by atoms with E-state index in [1.807, 2.05) is 24.3 Å². The molecule has 0 aromatic heterocycles. The van der Waals surface area contributed by atoms with Crippen molar-refractivity contribution in [1.29, 1.82) is 0 Å². The number of benzene rings is 2. The lowest BCUT2D eigenvalue weighted by molar-refractivity contribution is 0.473. The molecule has 0 unspecified atom stereocenters. The van der Waals surface area contributed by atoms with Gasteiger partial charge in [0.15, 0.2) is 0 Å². The first-order valence-electron chi connectivity index (χ1n) is 6.22. The Balaban J connectivity index is 2.26. The van der Waals surface area contributed by atoms with Crippen LogP contribution in [0.1, 0.15) is 30.9 Å². The van der Waals surface area contributed by atoms with Gasteiger partial charge in [0.05, 0.1) is 0 Å². The van der Waals surface area contributed by atoms with Crippen LogP contribution in [0.25, 0.3) is 0 Å². The number of rotatable bonds is 4. The largest absolute Gasteiger partial charge is 0.457 e. The van der Waals surface area contributed by atoms with Crippen LogP contribution in [0, 0.1) is 0 Å². The molecule has 0 saturated heterocycles. The fourth-order valence-corrected chi connectivity index (χ4v) is 2.59. The van der Waals surface area contributed by atoms with Crippen LogP contribution in [0.4, 0.5) is 0 Å². The van der Waals surface area contributed by atoms with E-state index in [1.165, 1.54) is 11.1 Å². The molecule has 2 rings (SSSR count). The minimum atomic E-state index is 0.425. The third kappa shape index (κ3) is 3.83. The zero-order valence-electron chi connectivity index (χ0n) is 11.0. The molecule has 0 aliphatic carbocycles. The van der Waals surface area contributed by atoms with Gasteiger partial charge < -0.3 is 4.74 Å². The van der Waals surface area contributed by atoms with Crippen molar-refractivity contribution in [2.24, 2.45) is 0 Å². The zero-order chi connectivity index (χ0) is 13.8. The van der Waals surface area contributed by atoms with E-state index < -0.39 is 0 Å². The van der Waals surface area contributed by atoms with E-state index in [1.54, 1.807) is 0 Å². The maximum atomic E-state index is 5.99. The van der Waals surface area contributed by atoms with Crippen molar-refractivity contribution in [3.63, 3.8) is 0 Å². The Kier molecular flexibility index (Phi) is 5.06. The van der Waals surface area contributed by atoms with Crippen LogP contribution in [0.2, 0.25) is 0 Å². The summed E-state index contributed by atoms with van der Waals surface area (Å²) in [6.45, 7) is 4.34. The van der Waals surface area contributed by atoms with Gasteiger partial charge in [0.25, 0.3) is 0 Å². The molecular formula is C16H16Br2O. The standard InChI is InChI=1S/C16H16Br2O/c1-11(2)15-9-13(18)5-8-16(15)19-14-6-3-12(10-17)4-7-14/h3-9,11H,10H2,1-2H3. The van der Waals surface area contributed by atoms with Crippen molar-refractivity contribution in [3.05, 3.63) is 58.1 Å². The summed E-state index contributed by atoms with van der Waals surface area (Å²) in [5.41, 5.74) is 2.45. The molecule has 0 amide bonds. The maximum Gasteiger partial charge on any atom is 0.130 e. The molecule has 0 heterocycles. The molecular weight excluding hydrogens is 368 g/mol. The van der Waals surface area contributed by atoms with Crippen LogP contribution in [0.15, 0.2) is 46.9 Å². The molecule has 3 heteroatoms. The van der Waals surface area contributed by atoms with Crippen molar-refractivity contribution in [2.75, 3.05) is 0 Å². The Bertz CT molecular complexity index is 547. The molecule has 19 heavy (non-hydrogen) atoms. The van der Waals surface area contributed by atoms with Crippen molar-refractivity contribution in [2.45, 2.75) is 25.1 Å². The summed E-state index contributed by atoms with van der Waals surface area (Å²) < 4.78 is 7.07. The second kappa shape index (κ2) is 6.58. The van der Waals surface area contributed by atoms with E-state index in [4.69, 9.17) is 4.74 Å². The summed E-state index contributed by atoms with van der Waals surface area (Å²) in [4.78, 5) is 0. The fourth-order valence-electron chi connectivity index (χ4n) is 1.84. The van der Waals surface area contributed by atoms with Crippen LogP contribution >= 0.6 is 31.9 Å². The Morgan fingerprint density at radius 1 is 1.05 bits per heavy atom. The number of alkyl halides is 1. The Hall–Kier alpha value is -0.800. The topological polar surface area (TPSA) is 9.23 Å². The normalized spacial score (nSPS) is 10.8. The summed E-state index contributed by atoms with van der Waals surface area (Å²) in [5, 5.41) is 0.864. The average molecular weight is 384 g/mol. The van der Waals surface area contributed by atoms with Crippen molar-refractivity contribution < 1.29 is 4.74 Å². The zero-order valence-corrected chi connectivity index (χ0v) is 14.2. The van der Waals surface area contributed by atoms with Crippen LogP contribution in [-0.4, -0.2) is 0 Å². The van der Waals surface area contributed by atoms with E-state index in [-0.39, 0.29) is 0 Å². The Morgan fingerprint density at radius 3 is 2.32 bits per heavy atom. The molecule has 0 aliphatic rings. The van der Waals surface area contributed by atoms with Crippen molar-refractivity contribution in [1.82, 2.24) is 0 Å². The van der Waals surface area contributed by atoms with Gasteiger partial charge in [-0.15, -0.1) is 0 Å². The molecule has 0 atom stereocenters. The minimum Gasteiger partial charge on any atom is -0.457 e. The second-order valence-corrected chi connectivity index (χ2v) is 6.19. The SMILES string of the molecule is CC(C)c1cc(Br)ccc1Oc1ccc(CBr)cc1. The van der Waals surface area contributed by atoms with E-state index in [0.29, 0.717) is 5.92 Å². The average Bonchev–Trinajstić information content (AvgIpc) is 2.41. The molecule has 100 valence electrons. The first-order valence-corrected chi connectivity index (χ1v) is 8.14. The molecule has 0 fully saturated rings. The van der Waals surface area contributed by atoms with Gasteiger partial charge in [-0.1, -0.05) is 57.8 Å². The van der Waals surface area contributed by atoms with Gasteiger partial charge >= 0.3 is 0 Å². The first-order chi connectivity index (χ1) is 9.10. The van der Waals surface area contributed by atoms with Gasteiger partial charge in [0.2, 0.25) is 0 Å². The number of ether oxygens (including phenoxy) is 1. The summed E-state index contributed by atoms with van der Waals surface area (Å²) in [6.07, 6.45) is 0. The Labute approximate surface area is 131 Å². The van der Waals surface area contributed by atoms with E-state index in [2.05, 4.69) is 63.9 Å². The molecule has 0 saturated carbocycles. The van der Waals surface area contributed by atoms with Crippen molar-refractivity contribution in [3.8, 4) is 11.5 Å². The lowest BCUT2D eigenvalue weighted by Gasteiger charge is -2.14. The second-order valence-electron chi connectivity index (χ2n) is 4.72. The predicted octanol–water partition coefficient (Wildman–Crippen LogP) is 6.26. The first kappa shape index (κ1) is 14.6. The minimum absolute atomic E-state index is 0.425. The number of hydrogen-bond donors (Lipinski definition) is 0. The maximum absolute atomic E-state index is 5.99. The van der Waals surface area contributed by atoms with Gasteiger partial charge in [0, 0.05) is 9.80 Å². The molecule has 0 radical (unpaired) electrons. The highest BCUT2D eigenvalue weighted by molar-refractivity contribution is 9.10. The Morgan fingerprint density at radius 2 is 1.74 bits per heavy atom. The summed E-state index contributed by atoms with van der Waals surface area (Å²) in [6, 6.07) is 14.3. The number of hydrogen-bond acceptors (Lipinski definition) is 1. The summed E-state index contributed by atoms with van der Waals surface area (Å²) in [5.74, 6) is 2.22. The van der Waals surface area contributed by atoms with E-state index in [9.17, 15) is 0 Å². The van der Waals surface area contributed by atoms with Crippen molar-refractivity contribution >= 4 is 31.9 Å². The summed E-state index contributed by atoms with van der Waals surface area (Å²) in [7, 11) is 0.